The van der Waals surface area contributed by atoms with E-state index >= 15 is 0 Å². The van der Waals surface area contributed by atoms with E-state index in [1.807, 2.05) is 0 Å². The average molecular weight is 263 g/mol. The highest BCUT2D eigenvalue weighted by atomic mass is 19.1. The van der Waals surface area contributed by atoms with Crippen LogP contribution < -0.4 is 4.74 Å². The second-order valence-electron chi connectivity index (χ2n) is 5.75. The zero-order valence-corrected chi connectivity index (χ0v) is 11.4. The minimum Gasteiger partial charge on any atom is -0.475 e. The molecule has 104 valence electrons. The first-order valence-electron chi connectivity index (χ1n) is 7.49. The van der Waals surface area contributed by atoms with Gasteiger partial charge in [-0.15, -0.1) is 0 Å². The molecule has 19 heavy (non-hydrogen) atoms. The molecule has 0 aromatic heterocycles. The van der Waals surface area contributed by atoms with Crippen molar-refractivity contribution in [2.45, 2.75) is 44.8 Å². The van der Waals surface area contributed by atoms with Crippen LogP contribution in [0.15, 0.2) is 24.3 Å². The molecule has 0 N–H and O–H groups in total. The van der Waals surface area contributed by atoms with E-state index in [9.17, 15) is 4.39 Å². The van der Waals surface area contributed by atoms with E-state index < -0.39 is 0 Å². The Morgan fingerprint density at radius 1 is 1.00 bits per heavy atom. The van der Waals surface area contributed by atoms with Crippen molar-refractivity contribution in [1.82, 2.24) is 4.90 Å². The van der Waals surface area contributed by atoms with Gasteiger partial charge in [0.25, 0.3) is 0 Å². The quantitative estimate of drug-likeness (QED) is 0.819. The minimum atomic E-state index is -0.203. The molecular weight excluding hydrogens is 241 g/mol. The zero-order valence-electron chi connectivity index (χ0n) is 11.4. The first-order valence-corrected chi connectivity index (χ1v) is 7.49. The second-order valence-corrected chi connectivity index (χ2v) is 5.75. The molecule has 0 spiro atoms. The van der Waals surface area contributed by atoms with E-state index in [0.717, 1.165) is 18.8 Å². The van der Waals surface area contributed by atoms with Crippen molar-refractivity contribution in [2.75, 3.05) is 13.1 Å². The fourth-order valence-corrected chi connectivity index (χ4v) is 3.36. The number of hydrogen-bond donors (Lipinski definition) is 0. The van der Waals surface area contributed by atoms with E-state index in [-0.39, 0.29) is 12.0 Å². The summed E-state index contributed by atoms with van der Waals surface area (Å²) < 4.78 is 19.2. The van der Waals surface area contributed by atoms with Crippen LogP contribution in [0.25, 0.3) is 0 Å². The lowest BCUT2D eigenvalue weighted by Crippen LogP contribution is -2.42. The van der Waals surface area contributed by atoms with Crippen LogP contribution in [0, 0.1) is 11.7 Å². The molecule has 1 aromatic carbocycles. The first-order chi connectivity index (χ1) is 9.33. The number of rotatable bonds is 4. The van der Waals surface area contributed by atoms with Gasteiger partial charge >= 0.3 is 0 Å². The monoisotopic (exact) mass is 263 g/mol. The summed E-state index contributed by atoms with van der Waals surface area (Å²) in [7, 11) is 0. The molecular formula is C16H22FNO. The standard InChI is InChI=1S/C16H22FNO/c17-14-7-9-15(10-8-14)19-16(13-5-1-2-6-13)18-11-3-4-12-18/h7-10,13,16H,1-6,11-12H2. The predicted octanol–water partition coefficient (Wildman–Crippen LogP) is 3.82. The van der Waals surface area contributed by atoms with Gasteiger partial charge in [0.2, 0.25) is 0 Å². The summed E-state index contributed by atoms with van der Waals surface area (Å²) in [5.74, 6) is 1.24. The molecule has 1 aliphatic heterocycles. The number of ether oxygens (including phenoxy) is 1. The zero-order chi connectivity index (χ0) is 13.1. The fraction of sp³-hybridized carbons (Fsp3) is 0.625. The van der Waals surface area contributed by atoms with Crippen LogP contribution in [-0.2, 0) is 0 Å². The number of likely N-dealkylation sites (tertiary alicyclic amines) is 1. The highest BCUT2D eigenvalue weighted by Crippen LogP contribution is 2.33. The number of nitrogens with zero attached hydrogens (tertiary/aromatic N) is 1. The normalized spacial score (nSPS) is 22.8. The van der Waals surface area contributed by atoms with Crippen LogP contribution in [-0.4, -0.2) is 24.2 Å². The lowest BCUT2D eigenvalue weighted by atomic mass is 10.1. The molecule has 1 unspecified atom stereocenters. The number of hydrogen-bond acceptors (Lipinski definition) is 2. The Hall–Kier alpha value is -1.09. The molecule has 1 aliphatic carbocycles. The molecule has 0 radical (unpaired) electrons. The molecule has 3 rings (SSSR count). The van der Waals surface area contributed by atoms with Gasteiger partial charge in [0.15, 0.2) is 6.23 Å². The third-order valence-electron chi connectivity index (χ3n) is 4.37. The van der Waals surface area contributed by atoms with Crippen molar-refractivity contribution in [3.8, 4) is 5.75 Å². The Kier molecular flexibility index (Phi) is 4.02. The smallest absolute Gasteiger partial charge is 0.155 e. The summed E-state index contributed by atoms with van der Waals surface area (Å²) in [6.45, 7) is 2.28. The third-order valence-corrected chi connectivity index (χ3v) is 4.37. The topological polar surface area (TPSA) is 12.5 Å². The summed E-state index contributed by atoms with van der Waals surface area (Å²) in [6.07, 6.45) is 7.91. The van der Waals surface area contributed by atoms with E-state index in [4.69, 9.17) is 4.74 Å². The summed E-state index contributed by atoms with van der Waals surface area (Å²) in [6, 6.07) is 6.44. The molecule has 0 bridgehead atoms. The Morgan fingerprint density at radius 3 is 2.26 bits per heavy atom. The molecule has 1 atom stereocenters. The van der Waals surface area contributed by atoms with Gasteiger partial charge < -0.3 is 4.74 Å². The van der Waals surface area contributed by atoms with Crippen LogP contribution >= 0.6 is 0 Å². The minimum absolute atomic E-state index is 0.190. The molecule has 1 saturated heterocycles. The van der Waals surface area contributed by atoms with Crippen LogP contribution in [0.5, 0.6) is 5.75 Å². The molecule has 2 fully saturated rings. The highest BCUT2D eigenvalue weighted by Gasteiger charge is 2.32. The van der Waals surface area contributed by atoms with Crippen molar-refractivity contribution in [3.05, 3.63) is 30.1 Å². The van der Waals surface area contributed by atoms with Crippen LogP contribution in [0.3, 0.4) is 0 Å². The van der Waals surface area contributed by atoms with Gasteiger partial charge in [0.05, 0.1) is 0 Å². The van der Waals surface area contributed by atoms with Gasteiger partial charge in [0.1, 0.15) is 11.6 Å². The lowest BCUT2D eigenvalue weighted by molar-refractivity contribution is -0.00309. The summed E-state index contributed by atoms with van der Waals surface area (Å²) in [5, 5.41) is 0. The largest absolute Gasteiger partial charge is 0.475 e. The summed E-state index contributed by atoms with van der Waals surface area (Å²) in [4.78, 5) is 2.47. The van der Waals surface area contributed by atoms with Crippen LogP contribution in [0.2, 0.25) is 0 Å². The molecule has 2 aliphatic rings. The fourth-order valence-electron chi connectivity index (χ4n) is 3.36. The predicted molar refractivity (Wildman–Crippen MR) is 73.6 cm³/mol. The lowest BCUT2D eigenvalue weighted by Gasteiger charge is -2.32. The van der Waals surface area contributed by atoms with Gasteiger partial charge in [-0.25, -0.2) is 4.39 Å². The molecule has 0 amide bonds. The van der Waals surface area contributed by atoms with Crippen molar-refractivity contribution < 1.29 is 9.13 Å². The van der Waals surface area contributed by atoms with Gasteiger partial charge in [-0.2, -0.15) is 0 Å². The molecule has 1 aromatic rings. The number of halogens is 1. The summed E-state index contributed by atoms with van der Waals surface area (Å²) >= 11 is 0. The van der Waals surface area contributed by atoms with Gasteiger partial charge in [-0.1, -0.05) is 12.8 Å². The molecule has 3 heteroatoms. The van der Waals surface area contributed by atoms with Gasteiger partial charge in [-0.05, 0) is 49.9 Å². The maximum atomic E-state index is 13.0. The van der Waals surface area contributed by atoms with E-state index in [1.54, 1.807) is 12.1 Å². The SMILES string of the molecule is Fc1ccc(OC(C2CCCC2)N2CCCC2)cc1. The Morgan fingerprint density at radius 2 is 1.63 bits per heavy atom. The van der Waals surface area contributed by atoms with Crippen molar-refractivity contribution >= 4 is 0 Å². The molecule has 1 heterocycles. The maximum Gasteiger partial charge on any atom is 0.155 e. The molecule has 1 saturated carbocycles. The van der Waals surface area contributed by atoms with Crippen molar-refractivity contribution in [2.24, 2.45) is 5.92 Å². The van der Waals surface area contributed by atoms with Gasteiger partial charge in [0, 0.05) is 19.0 Å². The van der Waals surface area contributed by atoms with E-state index in [0.29, 0.717) is 5.92 Å². The maximum absolute atomic E-state index is 13.0. The van der Waals surface area contributed by atoms with Crippen molar-refractivity contribution in [1.29, 1.82) is 0 Å². The average Bonchev–Trinajstić information content (AvgIpc) is 3.11. The second kappa shape index (κ2) is 5.91. The Balaban J connectivity index is 1.72. The Labute approximate surface area is 114 Å². The summed E-state index contributed by atoms with van der Waals surface area (Å²) in [5.41, 5.74) is 0. The highest BCUT2D eigenvalue weighted by molar-refractivity contribution is 5.22. The first kappa shape index (κ1) is 12.9. The van der Waals surface area contributed by atoms with E-state index in [2.05, 4.69) is 4.90 Å². The number of benzene rings is 1. The Bertz CT molecular complexity index is 378. The van der Waals surface area contributed by atoms with Gasteiger partial charge in [-0.3, -0.25) is 4.90 Å². The van der Waals surface area contributed by atoms with Crippen molar-refractivity contribution in [3.63, 3.8) is 0 Å². The third kappa shape index (κ3) is 3.08. The van der Waals surface area contributed by atoms with E-state index in [1.165, 1.54) is 50.7 Å². The molecule has 2 nitrogen and oxygen atoms in total. The van der Waals surface area contributed by atoms with Crippen LogP contribution in [0.1, 0.15) is 38.5 Å². The van der Waals surface area contributed by atoms with Crippen LogP contribution in [0.4, 0.5) is 4.39 Å².